The molecule has 0 radical (unpaired) electrons. The van der Waals surface area contributed by atoms with Gasteiger partial charge in [-0.15, -0.1) is 0 Å². The van der Waals surface area contributed by atoms with Crippen LogP contribution in [0.15, 0.2) is 17.1 Å². The summed E-state index contributed by atoms with van der Waals surface area (Å²) in [5.41, 5.74) is 1.27. The number of aromatic nitrogens is 3. The van der Waals surface area contributed by atoms with E-state index in [1.807, 2.05) is 20.8 Å². The van der Waals surface area contributed by atoms with Crippen LogP contribution in [0.25, 0.3) is 10.9 Å². The predicted octanol–water partition coefficient (Wildman–Crippen LogP) is 1.93. The van der Waals surface area contributed by atoms with Gasteiger partial charge in [0.15, 0.2) is 0 Å². The summed E-state index contributed by atoms with van der Waals surface area (Å²) in [6.07, 6.45) is 1.70. The van der Waals surface area contributed by atoms with Crippen molar-refractivity contribution in [3.05, 3.63) is 28.3 Å². The lowest BCUT2D eigenvalue weighted by Crippen LogP contribution is -2.38. The van der Waals surface area contributed by atoms with Gasteiger partial charge in [0.25, 0.3) is 5.56 Å². The van der Waals surface area contributed by atoms with E-state index in [0.717, 1.165) is 32.0 Å². The van der Waals surface area contributed by atoms with E-state index in [1.165, 1.54) is 0 Å². The van der Waals surface area contributed by atoms with Crippen LogP contribution in [0.3, 0.4) is 0 Å². The first-order valence-electron chi connectivity index (χ1n) is 8.73. The van der Waals surface area contributed by atoms with Crippen LogP contribution in [0.5, 0.6) is 0 Å². The van der Waals surface area contributed by atoms with E-state index in [0.29, 0.717) is 16.9 Å². The normalized spacial score (nSPS) is 17.6. The fourth-order valence-electron chi connectivity index (χ4n) is 3.11. The minimum atomic E-state index is -0.191. The van der Waals surface area contributed by atoms with Crippen molar-refractivity contribution in [3.63, 3.8) is 0 Å². The smallest absolute Gasteiger partial charge is 0.262 e. The van der Waals surface area contributed by atoms with Gasteiger partial charge < -0.3 is 10.1 Å². The summed E-state index contributed by atoms with van der Waals surface area (Å²) >= 11 is 0. The van der Waals surface area contributed by atoms with Gasteiger partial charge in [-0.2, -0.15) is 0 Å². The summed E-state index contributed by atoms with van der Waals surface area (Å²) < 4.78 is 7.01. The van der Waals surface area contributed by atoms with Gasteiger partial charge in [0.1, 0.15) is 5.52 Å². The standard InChI is InChI=1S/C18H27N5O2/c1-12(23-8-10-25-11-9-23)14-15-13(6-7-19-14)16(24)22(5)17(20-15)21-18(2,3)4/h6-7,12H,8-11H2,1-5H3,(H,20,21). The molecule has 0 bridgehead atoms. The SMILES string of the molecule is CC(c1nccc2c(=O)n(C)c(NC(C)(C)C)nc12)N1CCOCC1. The highest BCUT2D eigenvalue weighted by molar-refractivity contribution is 5.81. The van der Waals surface area contributed by atoms with Crippen molar-refractivity contribution in [2.45, 2.75) is 39.3 Å². The van der Waals surface area contributed by atoms with Gasteiger partial charge in [0, 0.05) is 31.9 Å². The quantitative estimate of drug-likeness (QED) is 0.916. The predicted molar refractivity (Wildman–Crippen MR) is 99.0 cm³/mol. The Morgan fingerprint density at radius 3 is 2.60 bits per heavy atom. The maximum absolute atomic E-state index is 12.8. The van der Waals surface area contributed by atoms with Gasteiger partial charge in [0.2, 0.25) is 5.95 Å². The highest BCUT2D eigenvalue weighted by atomic mass is 16.5. The summed E-state index contributed by atoms with van der Waals surface area (Å²) in [6, 6.07) is 1.83. The molecule has 0 aliphatic carbocycles. The Morgan fingerprint density at radius 1 is 1.28 bits per heavy atom. The van der Waals surface area contributed by atoms with Crippen molar-refractivity contribution in [2.24, 2.45) is 7.05 Å². The summed E-state index contributed by atoms with van der Waals surface area (Å²) in [5.74, 6) is 0.563. The molecule has 7 heteroatoms. The first kappa shape index (κ1) is 17.8. The molecule has 3 heterocycles. The topological polar surface area (TPSA) is 72.3 Å². The van der Waals surface area contributed by atoms with Crippen molar-refractivity contribution in [1.29, 1.82) is 0 Å². The van der Waals surface area contributed by atoms with Crippen LogP contribution >= 0.6 is 0 Å². The van der Waals surface area contributed by atoms with Gasteiger partial charge in [-0.25, -0.2) is 4.98 Å². The van der Waals surface area contributed by atoms with Gasteiger partial charge in [-0.1, -0.05) is 0 Å². The molecule has 1 fully saturated rings. The number of fused-ring (bicyclic) bond motifs is 1. The summed E-state index contributed by atoms with van der Waals surface area (Å²) in [5, 5.41) is 3.92. The Labute approximate surface area is 148 Å². The molecule has 3 rings (SSSR count). The summed E-state index contributed by atoms with van der Waals surface area (Å²) in [7, 11) is 1.74. The van der Waals surface area contributed by atoms with Crippen molar-refractivity contribution in [3.8, 4) is 0 Å². The molecule has 1 N–H and O–H groups in total. The largest absolute Gasteiger partial charge is 0.379 e. The summed E-state index contributed by atoms with van der Waals surface area (Å²) in [4.78, 5) is 24.5. The third kappa shape index (κ3) is 3.67. The lowest BCUT2D eigenvalue weighted by molar-refractivity contribution is 0.0193. The fraction of sp³-hybridized carbons (Fsp3) is 0.611. The van der Waals surface area contributed by atoms with Crippen LogP contribution in [0.2, 0.25) is 0 Å². The maximum atomic E-state index is 12.8. The highest BCUT2D eigenvalue weighted by Crippen LogP contribution is 2.25. The van der Waals surface area contributed by atoms with Crippen LogP contribution in [-0.2, 0) is 11.8 Å². The van der Waals surface area contributed by atoms with Crippen LogP contribution in [0, 0.1) is 0 Å². The number of pyridine rings is 1. The Morgan fingerprint density at radius 2 is 1.96 bits per heavy atom. The van der Waals surface area contributed by atoms with Gasteiger partial charge in [0.05, 0.1) is 30.3 Å². The molecule has 1 aliphatic rings. The van der Waals surface area contributed by atoms with Gasteiger partial charge >= 0.3 is 0 Å². The number of anilines is 1. The molecule has 7 nitrogen and oxygen atoms in total. The molecule has 25 heavy (non-hydrogen) atoms. The molecule has 2 aromatic heterocycles. The molecule has 1 saturated heterocycles. The minimum absolute atomic E-state index is 0.0606. The molecule has 0 spiro atoms. The van der Waals surface area contributed by atoms with E-state index in [9.17, 15) is 4.79 Å². The fourth-order valence-corrected chi connectivity index (χ4v) is 3.11. The average molecular weight is 345 g/mol. The minimum Gasteiger partial charge on any atom is -0.379 e. The molecule has 0 aromatic carbocycles. The van der Waals surface area contributed by atoms with E-state index in [1.54, 1.807) is 23.9 Å². The first-order valence-corrected chi connectivity index (χ1v) is 8.73. The lowest BCUT2D eigenvalue weighted by Gasteiger charge is -2.32. The Bertz CT molecular complexity index is 819. The van der Waals surface area contributed by atoms with E-state index >= 15 is 0 Å². The van der Waals surface area contributed by atoms with E-state index in [2.05, 4.69) is 22.1 Å². The third-order valence-corrected chi connectivity index (χ3v) is 4.50. The molecule has 0 saturated carbocycles. The lowest BCUT2D eigenvalue weighted by atomic mass is 10.1. The number of hydrogen-bond acceptors (Lipinski definition) is 6. The third-order valence-electron chi connectivity index (χ3n) is 4.50. The average Bonchev–Trinajstić information content (AvgIpc) is 2.58. The zero-order valence-corrected chi connectivity index (χ0v) is 15.7. The van der Waals surface area contributed by atoms with Crippen LogP contribution in [0.1, 0.15) is 39.4 Å². The van der Waals surface area contributed by atoms with E-state index in [4.69, 9.17) is 9.72 Å². The molecule has 1 unspecified atom stereocenters. The Kier molecular flexibility index (Phi) is 4.79. The zero-order valence-electron chi connectivity index (χ0n) is 15.7. The van der Waals surface area contributed by atoms with Crippen molar-refractivity contribution >= 4 is 16.9 Å². The number of rotatable bonds is 3. The summed E-state index contributed by atoms with van der Waals surface area (Å²) in [6.45, 7) is 11.4. The number of ether oxygens (including phenoxy) is 1. The van der Waals surface area contributed by atoms with E-state index in [-0.39, 0.29) is 17.1 Å². The molecule has 1 aliphatic heterocycles. The van der Waals surface area contributed by atoms with Gasteiger partial charge in [-0.05, 0) is 33.8 Å². The van der Waals surface area contributed by atoms with Crippen LogP contribution in [0.4, 0.5) is 5.95 Å². The monoisotopic (exact) mass is 345 g/mol. The van der Waals surface area contributed by atoms with Crippen LogP contribution in [-0.4, -0.2) is 51.3 Å². The first-order chi connectivity index (χ1) is 11.8. The number of hydrogen-bond donors (Lipinski definition) is 1. The van der Waals surface area contributed by atoms with Gasteiger partial charge in [-0.3, -0.25) is 19.2 Å². The number of nitrogens with zero attached hydrogens (tertiary/aromatic N) is 4. The van der Waals surface area contributed by atoms with Crippen molar-refractivity contribution in [2.75, 3.05) is 31.6 Å². The second-order valence-corrected chi connectivity index (χ2v) is 7.59. The highest BCUT2D eigenvalue weighted by Gasteiger charge is 2.24. The maximum Gasteiger partial charge on any atom is 0.262 e. The van der Waals surface area contributed by atoms with Crippen molar-refractivity contribution in [1.82, 2.24) is 19.4 Å². The second kappa shape index (κ2) is 6.72. The molecule has 2 aromatic rings. The van der Waals surface area contributed by atoms with E-state index < -0.39 is 0 Å². The van der Waals surface area contributed by atoms with Crippen LogP contribution < -0.4 is 10.9 Å². The Hall–Kier alpha value is -1.99. The van der Waals surface area contributed by atoms with Crippen molar-refractivity contribution < 1.29 is 4.74 Å². The Balaban J connectivity index is 2.11. The molecule has 136 valence electrons. The number of nitrogens with one attached hydrogen (secondary N) is 1. The zero-order chi connectivity index (χ0) is 18.2. The molecule has 0 amide bonds. The second-order valence-electron chi connectivity index (χ2n) is 7.59. The molecular weight excluding hydrogens is 318 g/mol. The number of morpholine rings is 1. The molecule has 1 atom stereocenters. The molecular formula is C18H27N5O2.